The average molecular weight is 147 g/mol. The smallest absolute Gasteiger partial charge is 0.102 e. The molecule has 2 N–H and O–H groups in total. The Morgan fingerprint density at radius 3 is 2.20 bits per heavy atom. The normalized spacial score (nSPS) is 15.3. The quantitative estimate of drug-likeness (QED) is 0.650. The molecule has 0 saturated carbocycles. The summed E-state index contributed by atoms with van der Waals surface area (Å²) in [5.41, 5.74) is 5.30. The first-order valence-corrected chi connectivity index (χ1v) is 3.80. The highest BCUT2D eigenvalue weighted by molar-refractivity contribution is 4.68. The van der Waals surface area contributed by atoms with Gasteiger partial charge in [-0.2, -0.15) is 0 Å². The molecule has 1 atom stereocenters. The second-order valence-corrected chi connectivity index (χ2v) is 3.94. The van der Waals surface area contributed by atoms with Crippen LogP contribution < -0.4 is 5.73 Å². The SMILES string of the molecule is CC(C)(C)CC(F)CCN. The van der Waals surface area contributed by atoms with Crippen molar-refractivity contribution in [1.82, 2.24) is 0 Å². The lowest BCUT2D eigenvalue weighted by atomic mass is 9.89. The zero-order valence-electron chi connectivity index (χ0n) is 7.15. The van der Waals surface area contributed by atoms with Crippen LogP contribution in [0.4, 0.5) is 4.39 Å². The van der Waals surface area contributed by atoms with Gasteiger partial charge in [-0.1, -0.05) is 20.8 Å². The molecule has 0 aromatic heterocycles. The van der Waals surface area contributed by atoms with Gasteiger partial charge in [-0.3, -0.25) is 0 Å². The molecule has 0 radical (unpaired) electrons. The Kier molecular flexibility index (Phi) is 3.87. The van der Waals surface area contributed by atoms with Gasteiger partial charge in [0, 0.05) is 0 Å². The van der Waals surface area contributed by atoms with Gasteiger partial charge >= 0.3 is 0 Å². The molecule has 0 fully saturated rings. The van der Waals surface area contributed by atoms with Crippen molar-refractivity contribution < 1.29 is 4.39 Å². The summed E-state index contributed by atoms with van der Waals surface area (Å²) in [6, 6.07) is 0. The minimum atomic E-state index is -0.718. The third-order valence-corrected chi connectivity index (χ3v) is 1.31. The Bertz CT molecular complexity index is 85.7. The van der Waals surface area contributed by atoms with Crippen LogP contribution in [-0.4, -0.2) is 12.7 Å². The van der Waals surface area contributed by atoms with E-state index in [2.05, 4.69) is 0 Å². The van der Waals surface area contributed by atoms with Gasteiger partial charge in [0.25, 0.3) is 0 Å². The van der Waals surface area contributed by atoms with E-state index in [9.17, 15) is 4.39 Å². The van der Waals surface area contributed by atoms with Crippen molar-refractivity contribution in [3.05, 3.63) is 0 Å². The third-order valence-electron chi connectivity index (χ3n) is 1.31. The van der Waals surface area contributed by atoms with Gasteiger partial charge in [-0.15, -0.1) is 0 Å². The third kappa shape index (κ3) is 6.02. The van der Waals surface area contributed by atoms with Crippen LogP contribution in [0.25, 0.3) is 0 Å². The minimum Gasteiger partial charge on any atom is -0.330 e. The standard InChI is InChI=1S/C8H18FN/c1-8(2,3)6-7(9)4-5-10/h7H,4-6,10H2,1-3H3. The molecule has 0 bridgehead atoms. The lowest BCUT2D eigenvalue weighted by Crippen LogP contribution is -2.17. The predicted molar refractivity (Wildman–Crippen MR) is 42.6 cm³/mol. The molecule has 0 aromatic rings. The second-order valence-electron chi connectivity index (χ2n) is 3.94. The molecule has 0 aliphatic rings. The van der Waals surface area contributed by atoms with Crippen LogP contribution in [0, 0.1) is 5.41 Å². The van der Waals surface area contributed by atoms with Gasteiger partial charge < -0.3 is 5.73 Å². The highest BCUT2D eigenvalue weighted by atomic mass is 19.1. The van der Waals surface area contributed by atoms with Crippen LogP contribution >= 0.6 is 0 Å². The number of alkyl halides is 1. The fourth-order valence-corrected chi connectivity index (χ4v) is 0.947. The summed E-state index contributed by atoms with van der Waals surface area (Å²) >= 11 is 0. The van der Waals surface area contributed by atoms with Crippen LogP contribution in [0.2, 0.25) is 0 Å². The lowest BCUT2D eigenvalue weighted by Gasteiger charge is -2.20. The maximum atomic E-state index is 12.8. The largest absolute Gasteiger partial charge is 0.330 e. The maximum absolute atomic E-state index is 12.8. The summed E-state index contributed by atoms with van der Waals surface area (Å²) < 4.78 is 12.8. The number of halogens is 1. The van der Waals surface area contributed by atoms with Crippen LogP contribution in [0.1, 0.15) is 33.6 Å². The number of hydrogen-bond donors (Lipinski definition) is 1. The highest BCUT2D eigenvalue weighted by Gasteiger charge is 2.16. The fourth-order valence-electron chi connectivity index (χ4n) is 0.947. The summed E-state index contributed by atoms with van der Waals surface area (Å²) in [6.45, 7) is 6.57. The Morgan fingerprint density at radius 2 is 1.90 bits per heavy atom. The van der Waals surface area contributed by atoms with Gasteiger partial charge in [0.05, 0.1) is 0 Å². The Hall–Kier alpha value is -0.110. The summed E-state index contributed by atoms with van der Waals surface area (Å²) in [6.07, 6.45) is 0.395. The van der Waals surface area contributed by atoms with E-state index in [1.54, 1.807) is 0 Å². The van der Waals surface area contributed by atoms with Gasteiger partial charge in [-0.25, -0.2) is 4.39 Å². The molecule has 2 heteroatoms. The summed E-state index contributed by atoms with van der Waals surface area (Å²) in [5.74, 6) is 0. The average Bonchev–Trinajstić information content (AvgIpc) is 1.59. The zero-order valence-corrected chi connectivity index (χ0v) is 7.15. The Morgan fingerprint density at radius 1 is 1.40 bits per heavy atom. The van der Waals surface area contributed by atoms with E-state index in [0.717, 1.165) is 0 Å². The lowest BCUT2D eigenvalue weighted by molar-refractivity contribution is 0.216. The molecule has 0 aromatic carbocycles. The first-order valence-electron chi connectivity index (χ1n) is 3.80. The zero-order chi connectivity index (χ0) is 8.20. The van der Waals surface area contributed by atoms with E-state index in [1.165, 1.54) is 0 Å². The second kappa shape index (κ2) is 3.91. The summed E-state index contributed by atoms with van der Waals surface area (Å²) in [5, 5.41) is 0. The molecule has 1 unspecified atom stereocenters. The molecule has 0 aliphatic heterocycles. The Labute approximate surface area is 62.8 Å². The molecule has 0 spiro atoms. The van der Waals surface area contributed by atoms with Crippen LogP contribution in [0.5, 0.6) is 0 Å². The number of hydrogen-bond acceptors (Lipinski definition) is 1. The highest BCUT2D eigenvalue weighted by Crippen LogP contribution is 2.23. The van der Waals surface area contributed by atoms with Crippen molar-refractivity contribution in [2.45, 2.75) is 39.8 Å². The van der Waals surface area contributed by atoms with E-state index < -0.39 is 6.17 Å². The van der Waals surface area contributed by atoms with Crippen molar-refractivity contribution in [2.75, 3.05) is 6.54 Å². The number of nitrogens with two attached hydrogens (primary N) is 1. The molecule has 0 saturated heterocycles. The molecular formula is C8H18FN. The van der Waals surface area contributed by atoms with E-state index in [1.807, 2.05) is 20.8 Å². The van der Waals surface area contributed by atoms with E-state index in [4.69, 9.17) is 5.73 Å². The van der Waals surface area contributed by atoms with E-state index >= 15 is 0 Å². The van der Waals surface area contributed by atoms with E-state index in [-0.39, 0.29) is 5.41 Å². The van der Waals surface area contributed by atoms with E-state index in [0.29, 0.717) is 19.4 Å². The summed E-state index contributed by atoms with van der Waals surface area (Å²) in [4.78, 5) is 0. The Balaban J connectivity index is 3.47. The molecule has 10 heavy (non-hydrogen) atoms. The van der Waals surface area contributed by atoms with Crippen LogP contribution in [0.15, 0.2) is 0 Å². The maximum Gasteiger partial charge on any atom is 0.102 e. The molecule has 0 rings (SSSR count). The molecule has 1 nitrogen and oxygen atoms in total. The van der Waals surface area contributed by atoms with Gasteiger partial charge in [0.15, 0.2) is 0 Å². The van der Waals surface area contributed by atoms with Crippen molar-refractivity contribution in [1.29, 1.82) is 0 Å². The first-order chi connectivity index (χ1) is 4.45. The summed E-state index contributed by atoms with van der Waals surface area (Å²) in [7, 11) is 0. The molecule has 0 amide bonds. The monoisotopic (exact) mass is 147 g/mol. The van der Waals surface area contributed by atoms with Crippen LogP contribution in [0.3, 0.4) is 0 Å². The minimum absolute atomic E-state index is 0.0919. The van der Waals surface area contributed by atoms with Gasteiger partial charge in [-0.05, 0) is 24.8 Å². The van der Waals surface area contributed by atoms with Crippen LogP contribution in [-0.2, 0) is 0 Å². The molecular weight excluding hydrogens is 129 g/mol. The molecule has 0 heterocycles. The van der Waals surface area contributed by atoms with Crippen molar-refractivity contribution in [3.8, 4) is 0 Å². The molecule has 0 aliphatic carbocycles. The predicted octanol–water partition coefficient (Wildman–Crippen LogP) is 2.11. The fraction of sp³-hybridized carbons (Fsp3) is 1.00. The van der Waals surface area contributed by atoms with Crippen molar-refractivity contribution in [2.24, 2.45) is 11.1 Å². The molecule has 62 valence electrons. The number of rotatable bonds is 3. The van der Waals surface area contributed by atoms with Gasteiger partial charge in [0.1, 0.15) is 6.17 Å². The van der Waals surface area contributed by atoms with Crippen molar-refractivity contribution in [3.63, 3.8) is 0 Å². The van der Waals surface area contributed by atoms with Gasteiger partial charge in [0.2, 0.25) is 0 Å². The van der Waals surface area contributed by atoms with Crippen molar-refractivity contribution >= 4 is 0 Å². The first kappa shape index (κ1) is 9.89. The topological polar surface area (TPSA) is 26.0 Å².